The van der Waals surface area contributed by atoms with Gasteiger partial charge in [-0.1, -0.05) is 6.92 Å². The molecule has 1 rings (SSSR count). The minimum atomic E-state index is 0.192. The van der Waals surface area contributed by atoms with Crippen LogP contribution in [-0.2, 0) is 13.1 Å². The molecule has 0 saturated heterocycles. The van der Waals surface area contributed by atoms with Gasteiger partial charge in [-0.2, -0.15) is 0 Å². The highest BCUT2D eigenvalue weighted by atomic mass is 32.1. The van der Waals surface area contributed by atoms with Crippen molar-refractivity contribution in [2.24, 2.45) is 0 Å². The van der Waals surface area contributed by atoms with Gasteiger partial charge in [-0.3, -0.25) is 4.90 Å². The van der Waals surface area contributed by atoms with Crippen molar-refractivity contribution in [2.45, 2.75) is 66.2 Å². The summed E-state index contributed by atoms with van der Waals surface area (Å²) in [6.45, 7) is 16.5. The summed E-state index contributed by atoms with van der Waals surface area (Å²) in [7, 11) is 0. The molecule has 1 aromatic heterocycles. The minimum Gasteiger partial charge on any atom is -0.307 e. The summed E-state index contributed by atoms with van der Waals surface area (Å²) >= 11 is 1.93. The average Bonchev–Trinajstić information content (AvgIpc) is 2.69. The van der Waals surface area contributed by atoms with E-state index in [1.54, 1.807) is 0 Å². The maximum atomic E-state index is 3.54. The smallest absolute Gasteiger partial charge is 0.0330 e. The number of thiophene rings is 1. The third-order valence-electron chi connectivity index (χ3n) is 3.01. The van der Waals surface area contributed by atoms with Crippen LogP contribution in [0.25, 0.3) is 0 Å². The topological polar surface area (TPSA) is 15.3 Å². The fraction of sp³-hybridized carbons (Fsp3) is 0.733. The highest BCUT2D eigenvalue weighted by molar-refractivity contribution is 7.11. The Morgan fingerprint density at radius 1 is 1.22 bits per heavy atom. The zero-order chi connectivity index (χ0) is 13.8. The molecule has 3 heteroatoms. The molecule has 104 valence electrons. The predicted octanol–water partition coefficient (Wildman–Crippen LogP) is 3.87. The molecule has 0 saturated carbocycles. The summed E-state index contributed by atoms with van der Waals surface area (Å²) in [5, 5.41) is 3.54. The molecule has 0 amide bonds. The third-order valence-corrected chi connectivity index (χ3v) is 4.08. The second-order valence-electron chi connectivity index (χ2n) is 6.13. The van der Waals surface area contributed by atoms with Crippen LogP contribution in [0.15, 0.2) is 12.1 Å². The lowest BCUT2D eigenvalue weighted by atomic mass is 10.1. The maximum Gasteiger partial charge on any atom is 0.0330 e. The van der Waals surface area contributed by atoms with Crippen molar-refractivity contribution in [1.29, 1.82) is 0 Å². The number of rotatable bonds is 6. The number of nitrogens with one attached hydrogen (secondary N) is 1. The normalized spacial score (nSPS) is 12.7. The molecule has 0 fully saturated rings. The average molecular weight is 268 g/mol. The quantitative estimate of drug-likeness (QED) is 0.842. The molecule has 0 unspecified atom stereocenters. The maximum absolute atomic E-state index is 3.54. The van der Waals surface area contributed by atoms with Gasteiger partial charge in [-0.25, -0.2) is 0 Å². The molecule has 1 aromatic rings. The van der Waals surface area contributed by atoms with Crippen LogP contribution in [0.4, 0.5) is 0 Å². The van der Waals surface area contributed by atoms with Gasteiger partial charge in [-0.15, -0.1) is 11.3 Å². The molecule has 0 aromatic carbocycles. The molecule has 0 bridgehead atoms. The van der Waals surface area contributed by atoms with Crippen LogP contribution in [0.3, 0.4) is 0 Å². The lowest BCUT2D eigenvalue weighted by molar-refractivity contribution is 0.227. The lowest BCUT2D eigenvalue weighted by Gasteiger charge is -2.23. The van der Waals surface area contributed by atoms with Crippen LogP contribution >= 0.6 is 11.3 Å². The van der Waals surface area contributed by atoms with Gasteiger partial charge in [0.1, 0.15) is 0 Å². The van der Waals surface area contributed by atoms with E-state index in [1.807, 2.05) is 11.3 Å². The van der Waals surface area contributed by atoms with E-state index in [1.165, 1.54) is 9.75 Å². The van der Waals surface area contributed by atoms with Gasteiger partial charge in [0.05, 0.1) is 0 Å². The van der Waals surface area contributed by atoms with Crippen LogP contribution in [0, 0.1) is 0 Å². The van der Waals surface area contributed by atoms with Gasteiger partial charge in [-0.05, 0) is 53.3 Å². The summed E-state index contributed by atoms with van der Waals surface area (Å²) in [6, 6.07) is 5.15. The molecule has 2 nitrogen and oxygen atoms in total. The van der Waals surface area contributed by atoms with Crippen LogP contribution < -0.4 is 5.32 Å². The molecule has 0 aliphatic carbocycles. The number of hydrogen-bond donors (Lipinski definition) is 1. The van der Waals surface area contributed by atoms with E-state index in [2.05, 4.69) is 63.9 Å². The summed E-state index contributed by atoms with van der Waals surface area (Å²) in [4.78, 5) is 5.39. The molecule has 0 aliphatic rings. The number of hydrogen-bond acceptors (Lipinski definition) is 3. The molecule has 18 heavy (non-hydrogen) atoms. The van der Waals surface area contributed by atoms with E-state index in [0.717, 1.165) is 19.6 Å². The lowest BCUT2D eigenvalue weighted by Crippen LogP contribution is -2.34. The Kier molecular flexibility index (Phi) is 5.83. The fourth-order valence-electron chi connectivity index (χ4n) is 1.81. The Balaban J connectivity index is 2.52. The van der Waals surface area contributed by atoms with Crippen LogP contribution in [0.2, 0.25) is 0 Å². The highest BCUT2D eigenvalue weighted by Gasteiger charge is 2.11. The van der Waals surface area contributed by atoms with Crippen molar-refractivity contribution in [2.75, 3.05) is 6.54 Å². The summed E-state index contributed by atoms with van der Waals surface area (Å²) in [6.07, 6.45) is 0. The Morgan fingerprint density at radius 3 is 2.33 bits per heavy atom. The zero-order valence-corrected chi connectivity index (χ0v) is 13.5. The second kappa shape index (κ2) is 6.69. The van der Waals surface area contributed by atoms with Crippen LogP contribution in [-0.4, -0.2) is 23.0 Å². The molecule has 1 N–H and O–H groups in total. The van der Waals surface area contributed by atoms with E-state index >= 15 is 0 Å². The van der Waals surface area contributed by atoms with Gasteiger partial charge >= 0.3 is 0 Å². The fourth-order valence-corrected chi connectivity index (χ4v) is 2.80. The standard InChI is InChI=1S/C15H28N2S/c1-7-17(12(2)3)11-14-9-8-13(18-14)10-16-15(4,5)6/h8-9,12,16H,7,10-11H2,1-6H3. The first-order valence-electron chi connectivity index (χ1n) is 6.88. The van der Waals surface area contributed by atoms with Crippen LogP contribution in [0.1, 0.15) is 51.3 Å². The molecule has 0 spiro atoms. The van der Waals surface area contributed by atoms with E-state index in [9.17, 15) is 0 Å². The van der Waals surface area contributed by atoms with E-state index in [4.69, 9.17) is 0 Å². The van der Waals surface area contributed by atoms with E-state index in [-0.39, 0.29) is 5.54 Å². The molecule has 1 heterocycles. The van der Waals surface area contributed by atoms with Gasteiger partial charge < -0.3 is 5.32 Å². The Hall–Kier alpha value is -0.380. The first kappa shape index (κ1) is 15.7. The van der Waals surface area contributed by atoms with Crippen molar-refractivity contribution in [3.63, 3.8) is 0 Å². The van der Waals surface area contributed by atoms with Crippen molar-refractivity contribution in [3.8, 4) is 0 Å². The zero-order valence-electron chi connectivity index (χ0n) is 12.7. The summed E-state index contributed by atoms with van der Waals surface area (Å²) in [5.74, 6) is 0. The molecular formula is C15H28N2S. The number of nitrogens with zero attached hydrogens (tertiary/aromatic N) is 1. The van der Waals surface area contributed by atoms with E-state index in [0.29, 0.717) is 6.04 Å². The van der Waals surface area contributed by atoms with Gasteiger partial charge in [0.25, 0.3) is 0 Å². The third kappa shape index (κ3) is 5.51. The Bertz CT molecular complexity index is 350. The molecular weight excluding hydrogens is 240 g/mol. The molecule has 0 aliphatic heterocycles. The van der Waals surface area contributed by atoms with Gasteiger partial charge in [0.15, 0.2) is 0 Å². The second-order valence-corrected chi connectivity index (χ2v) is 7.38. The Labute approximate surface area is 116 Å². The van der Waals surface area contributed by atoms with Gasteiger partial charge in [0.2, 0.25) is 0 Å². The predicted molar refractivity (Wildman–Crippen MR) is 82.1 cm³/mol. The largest absolute Gasteiger partial charge is 0.307 e. The summed E-state index contributed by atoms with van der Waals surface area (Å²) < 4.78 is 0. The molecule has 0 atom stereocenters. The van der Waals surface area contributed by atoms with Crippen molar-refractivity contribution < 1.29 is 0 Å². The van der Waals surface area contributed by atoms with E-state index < -0.39 is 0 Å². The van der Waals surface area contributed by atoms with Crippen molar-refractivity contribution in [3.05, 3.63) is 21.9 Å². The highest BCUT2D eigenvalue weighted by Crippen LogP contribution is 2.19. The van der Waals surface area contributed by atoms with Crippen molar-refractivity contribution in [1.82, 2.24) is 10.2 Å². The van der Waals surface area contributed by atoms with Crippen LogP contribution in [0.5, 0.6) is 0 Å². The molecule has 0 radical (unpaired) electrons. The monoisotopic (exact) mass is 268 g/mol. The first-order valence-corrected chi connectivity index (χ1v) is 7.70. The summed E-state index contributed by atoms with van der Waals surface area (Å²) in [5.41, 5.74) is 0.192. The van der Waals surface area contributed by atoms with Gasteiger partial charge in [0, 0.05) is 34.4 Å². The minimum absolute atomic E-state index is 0.192. The van der Waals surface area contributed by atoms with Crippen molar-refractivity contribution >= 4 is 11.3 Å². The Morgan fingerprint density at radius 2 is 1.83 bits per heavy atom. The SMILES string of the molecule is CCN(Cc1ccc(CNC(C)(C)C)s1)C(C)C. The first-order chi connectivity index (χ1) is 8.31.